The van der Waals surface area contributed by atoms with Crippen molar-refractivity contribution in [2.45, 2.75) is 39.5 Å². The number of hydrogen-bond acceptors (Lipinski definition) is 1. The van der Waals surface area contributed by atoms with Gasteiger partial charge in [-0.2, -0.15) is 0 Å². The van der Waals surface area contributed by atoms with Gasteiger partial charge in [0.05, 0.1) is 16.0 Å². The topological polar surface area (TPSA) is 29.1 Å². The first kappa shape index (κ1) is 16.3. The van der Waals surface area contributed by atoms with Crippen molar-refractivity contribution in [1.82, 2.24) is 5.32 Å². The van der Waals surface area contributed by atoms with Crippen LogP contribution in [0, 0.1) is 12.3 Å². The normalized spacial score (nSPS) is 13.2. The van der Waals surface area contributed by atoms with Gasteiger partial charge in [0.25, 0.3) is 5.91 Å². The molecule has 1 atom stereocenters. The van der Waals surface area contributed by atoms with E-state index in [-0.39, 0.29) is 16.7 Å². The summed E-state index contributed by atoms with van der Waals surface area (Å²) >= 11 is 12.3. The molecule has 19 heavy (non-hydrogen) atoms. The molecule has 0 radical (unpaired) electrons. The zero-order valence-corrected chi connectivity index (χ0v) is 13.4. The first-order valence-electron chi connectivity index (χ1n) is 6.37. The molecule has 1 rings (SSSR count). The summed E-state index contributed by atoms with van der Waals surface area (Å²) in [4.78, 5) is 12.0. The molecule has 0 aliphatic rings. The summed E-state index contributed by atoms with van der Waals surface area (Å²) in [5.74, 6) is -0.176. The minimum absolute atomic E-state index is 0.0758. The van der Waals surface area contributed by atoms with Gasteiger partial charge in [-0.3, -0.25) is 4.79 Å². The van der Waals surface area contributed by atoms with Crippen LogP contribution in [-0.2, 0) is 0 Å². The van der Waals surface area contributed by atoms with Crippen molar-refractivity contribution in [2.24, 2.45) is 5.41 Å². The number of halogens is 2. The van der Waals surface area contributed by atoms with E-state index in [9.17, 15) is 4.79 Å². The SMILES string of the molecule is Cc1ccc(C(=O)NCC(Cl)CC(C)(C)C)c(Cl)c1. The molecular weight excluding hydrogens is 281 g/mol. The molecule has 2 nitrogen and oxygen atoms in total. The van der Waals surface area contributed by atoms with E-state index in [1.807, 2.05) is 13.0 Å². The molecule has 0 aliphatic carbocycles. The zero-order valence-electron chi connectivity index (χ0n) is 11.9. The molecule has 1 amide bonds. The van der Waals surface area contributed by atoms with Crippen molar-refractivity contribution < 1.29 is 4.79 Å². The van der Waals surface area contributed by atoms with Crippen LogP contribution in [0.5, 0.6) is 0 Å². The second kappa shape index (κ2) is 6.62. The second-order valence-electron chi connectivity index (χ2n) is 6.06. The Labute approximate surface area is 125 Å². The lowest BCUT2D eigenvalue weighted by molar-refractivity contribution is 0.0952. The van der Waals surface area contributed by atoms with E-state index in [1.165, 1.54) is 0 Å². The van der Waals surface area contributed by atoms with E-state index in [0.717, 1.165) is 12.0 Å². The first-order chi connectivity index (χ1) is 8.69. The molecule has 0 bridgehead atoms. The van der Waals surface area contributed by atoms with E-state index in [1.54, 1.807) is 12.1 Å². The van der Waals surface area contributed by atoms with E-state index in [2.05, 4.69) is 26.1 Å². The Morgan fingerprint density at radius 3 is 2.53 bits per heavy atom. The Morgan fingerprint density at radius 2 is 2.00 bits per heavy atom. The monoisotopic (exact) mass is 301 g/mol. The molecular formula is C15H21Cl2NO. The van der Waals surface area contributed by atoms with Crippen molar-refractivity contribution in [2.75, 3.05) is 6.54 Å². The van der Waals surface area contributed by atoms with Crippen molar-refractivity contribution in [3.05, 3.63) is 34.3 Å². The fourth-order valence-corrected chi connectivity index (χ4v) is 2.70. The molecule has 0 saturated carbocycles. The lowest BCUT2D eigenvalue weighted by Gasteiger charge is -2.22. The predicted octanol–water partition coefficient (Wildman–Crippen LogP) is 4.42. The van der Waals surface area contributed by atoms with Gasteiger partial charge in [0.1, 0.15) is 0 Å². The number of hydrogen-bond donors (Lipinski definition) is 1. The molecule has 1 aromatic rings. The minimum atomic E-state index is -0.176. The summed E-state index contributed by atoms with van der Waals surface area (Å²) in [5, 5.41) is 3.22. The molecule has 0 aromatic heterocycles. The summed E-state index contributed by atoms with van der Waals surface area (Å²) < 4.78 is 0. The fraction of sp³-hybridized carbons (Fsp3) is 0.533. The average molecular weight is 302 g/mol. The number of alkyl halides is 1. The second-order valence-corrected chi connectivity index (χ2v) is 7.08. The molecule has 106 valence electrons. The van der Waals surface area contributed by atoms with Gasteiger partial charge in [-0.15, -0.1) is 11.6 Å². The Balaban J connectivity index is 2.56. The molecule has 0 fully saturated rings. The van der Waals surface area contributed by atoms with Crippen molar-refractivity contribution in [3.8, 4) is 0 Å². The van der Waals surface area contributed by atoms with Gasteiger partial charge in [-0.05, 0) is 36.5 Å². The largest absolute Gasteiger partial charge is 0.351 e. The molecule has 1 N–H and O–H groups in total. The van der Waals surface area contributed by atoms with Gasteiger partial charge < -0.3 is 5.32 Å². The first-order valence-corrected chi connectivity index (χ1v) is 7.19. The minimum Gasteiger partial charge on any atom is -0.351 e. The highest BCUT2D eigenvalue weighted by atomic mass is 35.5. The summed E-state index contributed by atoms with van der Waals surface area (Å²) in [5.41, 5.74) is 1.68. The maximum atomic E-state index is 12.0. The van der Waals surface area contributed by atoms with Crippen LogP contribution in [0.2, 0.25) is 5.02 Å². The van der Waals surface area contributed by atoms with Crippen molar-refractivity contribution in [1.29, 1.82) is 0 Å². The van der Waals surface area contributed by atoms with E-state index >= 15 is 0 Å². The van der Waals surface area contributed by atoms with Crippen molar-refractivity contribution >= 4 is 29.1 Å². The summed E-state index contributed by atoms with van der Waals surface area (Å²) in [6, 6.07) is 5.39. The highest BCUT2D eigenvalue weighted by Crippen LogP contribution is 2.23. The van der Waals surface area contributed by atoms with Gasteiger partial charge in [0.2, 0.25) is 0 Å². The number of aryl methyl sites for hydroxylation is 1. The number of nitrogens with one attached hydrogen (secondary N) is 1. The maximum absolute atomic E-state index is 12.0. The van der Waals surface area contributed by atoms with Crippen molar-refractivity contribution in [3.63, 3.8) is 0 Å². The summed E-state index contributed by atoms with van der Waals surface area (Å²) in [6.07, 6.45) is 0.844. The lowest BCUT2D eigenvalue weighted by Crippen LogP contribution is -2.31. The third kappa shape index (κ3) is 5.84. The highest BCUT2D eigenvalue weighted by Gasteiger charge is 2.18. The molecule has 1 unspecified atom stereocenters. The molecule has 4 heteroatoms. The Bertz CT molecular complexity index is 452. The molecule has 0 aliphatic heterocycles. The molecule has 0 saturated heterocycles. The predicted molar refractivity (Wildman–Crippen MR) is 82.2 cm³/mol. The van der Waals surface area contributed by atoms with Crippen LogP contribution < -0.4 is 5.32 Å². The average Bonchev–Trinajstić information content (AvgIpc) is 2.23. The Morgan fingerprint density at radius 1 is 1.37 bits per heavy atom. The number of carbonyl (C=O) groups excluding carboxylic acids is 1. The number of rotatable bonds is 4. The van der Waals surface area contributed by atoms with Crippen LogP contribution in [0.4, 0.5) is 0 Å². The molecule has 0 spiro atoms. The Hall–Kier alpha value is -0.730. The van der Waals surface area contributed by atoms with Crippen LogP contribution in [0.15, 0.2) is 18.2 Å². The Kier molecular flexibility index (Phi) is 5.69. The number of benzene rings is 1. The van der Waals surface area contributed by atoms with Gasteiger partial charge >= 0.3 is 0 Å². The zero-order chi connectivity index (χ0) is 14.6. The molecule has 1 aromatic carbocycles. The number of amides is 1. The summed E-state index contributed by atoms with van der Waals surface area (Å²) in [6.45, 7) is 8.76. The maximum Gasteiger partial charge on any atom is 0.252 e. The standard InChI is InChI=1S/C15H21Cl2NO/c1-10-5-6-12(13(17)7-10)14(19)18-9-11(16)8-15(2,3)4/h5-7,11H,8-9H2,1-4H3,(H,18,19). The van der Waals surface area contributed by atoms with Gasteiger partial charge in [-0.25, -0.2) is 0 Å². The smallest absolute Gasteiger partial charge is 0.252 e. The van der Waals surface area contributed by atoms with E-state index in [0.29, 0.717) is 17.1 Å². The number of carbonyl (C=O) groups is 1. The lowest BCUT2D eigenvalue weighted by atomic mass is 9.90. The third-order valence-electron chi connectivity index (χ3n) is 2.69. The van der Waals surface area contributed by atoms with Gasteiger partial charge in [0.15, 0.2) is 0 Å². The van der Waals surface area contributed by atoms with E-state index < -0.39 is 0 Å². The summed E-state index contributed by atoms with van der Waals surface area (Å²) in [7, 11) is 0. The highest BCUT2D eigenvalue weighted by molar-refractivity contribution is 6.33. The van der Waals surface area contributed by atoms with Crippen LogP contribution >= 0.6 is 23.2 Å². The third-order valence-corrected chi connectivity index (χ3v) is 3.31. The van der Waals surface area contributed by atoms with Gasteiger partial charge in [-0.1, -0.05) is 38.4 Å². The van der Waals surface area contributed by atoms with Crippen LogP contribution in [0.3, 0.4) is 0 Å². The fourth-order valence-electron chi connectivity index (χ4n) is 1.84. The molecule has 0 heterocycles. The van der Waals surface area contributed by atoms with Crippen LogP contribution in [-0.4, -0.2) is 17.8 Å². The van der Waals surface area contributed by atoms with Crippen LogP contribution in [0.25, 0.3) is 0 Å². The van der Waals surface area contributed by atoms with E-state index in [4.69, 9.17) is 23.2 Å². The quantitative estimate of drug-likeness (QED) is 0.819. The van der Waals surface area contributed by atoms with Gasteiger partial charge in [0, 0.05) is 6.54 Å². The van der Waals surface area contributed by atoms with Crippen LogP contribution in [0.1, 0.15) is 43.1 Å².